The van der Waals surface area contributed by atoms with E-state index >= 15 is 0 Å². The Hall–Kier alpha value is -2.47. The maximum atomic E-state index is 5.15. The van der Waals surface area contributed by atoms with Crippen molar-refractivity contribution < 1.29 is 4.74 Å². The second kappa shape index (κ2) is 5.96. The van der Waals surface area contributed by atoms with E-state index in [1.54, 1.807) is 31.0 Å². The van der Waals surface area contributed by atoms with E-state index in [4.69, 9.17) is 4.74 Å². The Morgan fingerprint density at radius 1 is 1.22 bits per heavy atom. The third-order valence-electron chi connectivity index (χ3n) is 4.00. The fourth-order valence-electron chi connectivity index (χ4n) is 2.87. The molecule has 5 nitrogen and oxygen atoms in total. The van der Waals surface area contributed by atoms with Crippen LogP contribution >= 0.6 is 11.3 Å². The Labute approximate surface area is 138 Å². The number of hydrazone groups is 1. The van der Waals surface area contributed by atoms with Gasteiger partial charge in [-0.15, -0.1) is 11.3 Å². The molecule has 0 saturated heterocycles. The number of anilines is 1. The van der Waals surface area contributed by atoms with Gasteiger partial charge < -0.3 is 4.74 Å². The predicted octanol–water partition coefficient (Wildman–Crippen LogP) is 3.63. The van der Waals surface area contributed by atoms with Gasteiger partial charge in [0.15, 0.2) is 5.82 Å². The third kappa shape index (κ3) is 2.66. The van der Waals surface area contributed by atoms with E-state index in [2.05, 4.69) is 20.5 Å². The lowest BCUT2D eigenvalue weighted by atomic mass is 10.2. The van der Waals surface area contributed by atoms with Gasteiger partial charge in [-0.1, -0.05) is 0 Å². The summed E-state index contributed by atoms with van der Waals surface area (Å²) in [5.74, 6) is 1.63. The first-order chi connectivity index (χ1) is 11.3. The molecule has 0 spiro atoms. The number of nitrogens with one attached hydrogen (secondary N) is 1. The van der Waals surface area contributed by atoms with E-state index < -0.39 is 0 Å². The first-order valence-corrected chi connectivity index (χ1v) is 8.35. The van der Waals surface area contributed by atoms with Crippen molar-refractivity contribution in [3.8, 4) is 5.75 Å². The summed E-state index contributed by atoms with van der Waals surface area (Å²) in [6, 6.07) is 7.75. The molecule has 23 heavy (non-hydrogen) atoms. The van der Waals surface area contributed by atoms with Gasteiger partial charge in [-0.2, -0.15) is 5.10 Å². The zero-order chi connectivity index (χ0) is 15.6. The van der Waals surface area contributed by atoms with Crippen molar-refractivity contribution in [1.82, 2.24) is 9.97 Å². The smallest absolute Gasteiger partial charge is 0.158 e. The monoisotopic (exact) mass is 324 g/mol. The number of methoxy groups -OCH3 is 1. The van der Waals surface area contributed by atoms with Crippen molar-refractivity contribution in [1.29, 1.82) is 0 Å². The molecular weight excluding hydrogens is 308 g/mol. The molecule has 116 valence electrons. The topological polar surface area (TPSA) is 59.4 Å². The van der Waals surface area contributed by atoms with Crippen molar-refractivity contribution >= 4 is 33.6 Å². The quantitative estimate of drug-likeness (QED) is 0.588. The highest BCUT2D eigenvalue weighted by atomic mass is 32.1. The predicted molar refractivity (Wildman–Crippen MR) is 93.7 cm³/mol. The SMILES string of the molecule is COc1ccc(/C=N/Nc2ncnc3sc4c(c23)CCC4)cc1. The number of aromatic nitrogens is 2. The number of ether oxygens (including phenoxy) is 1. The summed E-state index contributed by atoms with van der Waals surface area (Å²) in [4.78, 5) is 11.3. The van der Waals surface area contributed by atoms with Gasteiger partial charge in [-0.25, -0.2) is 9.97 Å². The molecule has 0 atom stereocenters. The van der Waals surface area contributed by atoms with Crippen LogP contribution in [-0.2, 0) is 12.8 Å². The second-order valence-electron chi connectivity index (χ2n) is 5.40. The van der Waals surface area contributed by atoms with Crippen molar-refractivity contribution in [3.05, 3.63) is 46.6 Å². The fourth-order valence-corrected chi connectivity index (χ4v) is 4.10. The first-order valence-electron chi connectivity index (χ1n) is 7.53. The second-order valence-corrected chi connectivity index (χ2v) is 6.49. The maximum Gasteiger partial charge on any atom is 0.158 e. The molecule has 4 rings (SSSR count). The van der Waals surface area contributed by atoms with Crippen LogP contribution in [0, 0.1) is 0 Å². The van der Waals surface area contributed by atoms with Crippen LogP contribution in [-0.4, -0.2) is 23.3 Å². The molecule has 1 aliphatic carbocycles. The third-order valence-corrected chi connectivity index (χ3v) is 5.20. The van der Waals surface area contributed by atoms with E-state index in [1.165, 1.54) is 16.9 Å². The van der Waals surface area contributed by atoms with Crippen LogP contribution in [0.15, 0.2) is 35.7 Å². The number of nitrogens with zero attached hydrogens (tertiary/aromatic N) is 3. The molecule has 0 fully saturated rings. The van der Waals surface area contributed by atoms with E-state index in [-0.39, 0.29) is 0 Å². The number of hydrogen-bond donors (Lipinski definition) is 1. The van der Waals surface area contributed by atoms with Crippen LogP contribution < -0.4 is 10.2 Å². The van der Waals surface area contributed by atoms with E-state index in [0.717, 1.165) is 40.2 Å². The van der Waals surface area contributed by atoms with Crippen LogP contribution in [0.4, 0.5) is 5.82 Å². The number of rotatable bonds is 4. The molecule has 3 aromatic rings. The minimum atomic E-state index is 0.791. The van der Waals surface area contributed by atoms with Crippen LogP contribution in [0.25, 0.3) is 10.2 Å². The lowest BCUT2D eigenvalue weighted by Crippen LogP contribution is -1.96. The zero-order valence-electron chi connectivity index (χ0n) is 12.7. The molecule has 0 aliphatic heterocycles. The van der Waals surface area contributed by atoms with E-state index in [9.17, 15) is 0 Å². The van der Waals surface area contributed by atoms with Crippen molar-refractivity contribution in [2.45, 2.75) is 19.3 Å². The van der Waals surface area contributed by atoms with Crippen molar-refractivity contribution in [3.63, 3.8) is 0 Å². The van der Waals surface area contributed by atoms with Gasteiger partial charge in [-0.3, -0.25) is 5.43 Å². The van der Waals surface area contributed by atoms with Gasteiger partial charge in [0.25, 0.3) is 0 Å². The standard InChI is InChI=1S/C17H16N4OS/c1-22-12-7-5-11(6-8-12)9-20-21-16-15-13-3-2-4-14(13)23-17(15)19-10-18-16/h5-10H,2-4H2,1H3,(H,18,19,21)/b20-9+. The Bertz CT molecular complexity index is 870. The summed E-state index contributed by atoms with van der Waals surface area (Å²) in [7, 11) is 1.66. The number of thiophene rings is 1. The minimum absolute atomic E-state index is 0.791. The zero-order valence-corrected chi connectivity index (χ0v) is 13.6. The Morgan fingerprint density at radius 3 is 2.91 bits per heavy atom. The molecule has 6 heteroatoms. The molecule has 1 N–H and O–H groups in total. The molecular formula is C17H16N4OS. The van der Waals surface area contributed by atoms with E-state index in [0.29, 0.717) is 0 Å². The molecule has 1 aliphatic rings. The minimum Gasteiger partial charge on any atom is -0.497 e. The number of hydrogen-bond acceptors (Lipinski definition) is 6. The summed E-state index contributed by atoms with van der Waals surface area (Å²) in [6.07, 6.45) is 6.87. The molecule has 0 saturated carbocycles. The van der Waals surface area contributed by atoms with Crippen molar-refractivity contribution in [2.24, 2.45) is 5.10 Å². The highest BCUT2D eigenvalue weighted by molar-refractivity contribution is 7.19. The Balaban J connectivity index is 1.59. The van der Waals surface area contributed by atoms with Crippen LogP contribution in [0.5, 0.6) is 5.75 Å². The summed E-state index contributed by atoms with van der Waals surface area (Å²) >= 11 is 1.78. The molecule has 0 radical (unpaired) electrons. The Kier molecular flexibility index (Phi) is 3.67. The number of fused-ring (bicyclic) bond motifs is 3. The summed E-state index contributed by atoms with van der Waals surface area (Å²) in [6.45, 7) is 0. The highest BCUT2D eigenvalue weighted by Crippen LogP contribution is 2.38. The molecule has 0 amide bonds. The average molecular weight is 324 g/mol. The number of benzene rings is 1. The van der Waals surface area contributed by atoms with Gasteiger partial charge >= 0.3 is 0 Å². The van der Waals surface area contributed by atoms with Crippen molar-refractivity contribution in [2.75, 3.05) is 12.5 Å². The Morgan fingerprint density at radius 2 is 2.09 bits per heavy atom. The van der Waals surface area contributed by atoms with Gasteiger partial charge in [-0.05, 0) is 54.7 Å². The van der Waals surface area contributed by atoms with Crippen LogP contribution in [0.2, 0.25) is 0 Å². The first kappa shape index (κ1) is 14.1. The normalized spacial score (nSPS) is 13.6. The van der Waals surface area contributed by atoms with Crippen LogP contribution in [0.1, 0.15) is 22.4 Å². The fraction of sp³-hybridized carbons (Fsp3) is 0.235. The van der Waals surface area contributed by atoms with Gasteiger partial charge in [0, 0.05) is 4.88 Å². The van der Waals surface area contributed by atoms with Gasteiger partial charge in [0.05, 0.1) is 18.7 Å². The lowest BCUT2D eigenvalue weighted by molar-refractivity contribution is 0.415. The summed E-state index contributed by atoms with van der Waals surface area (Å²) in [5, 5.41) is 5.46. The summed E-state index contributed by atoms with van der Waals surface area (Å²) in [5.41, 5.74) is 5.47. The van der Waals surface area contributed by atoms with E-state index in [1.807, 2.05) is 24.3 Å². The molecule has 1 aromatic carbocycles. The molecule has 2 aromatic heterocycles. The van der Waals surface area contributed by atoms with Gasteiger partial charge in [0.1, 0.15) is 16.9 Å². The summed E-state index contributed by atoms with van der Waals surface area (Å²) < 4.78 is 5.15. The molecule has 0 bridgehead atoms. The largest absolute Gasteiger partial charge is 0.497 e. The highest BCUT2D eigenvalue weighted by Gasteiger charge is 2.20. The molecule has 2 heterocycles. The lowest BCUT2D eigenvalue weighted by Gasteiger charge is -2.03. The molecule has 0 unspecified atom stereocenters. The van der Waals surface area contributed by atoms with Crippen LogP contribution in [0.3, 0.4) is 0 Å². The number of aryl methyl sites for hydroxylation is 2. The average Bonchev–Trinajstić information content (AvgIpc) is 3.16. The van der Waals surface area contributed by atoms with Gasteiger partial charge in [0.2, 0.25) is 0 Å². The maximum absolute atomic E-state index is 5.15.